The number of aliphatic hydroxyl groups excluding tert-OH is 2. The standard InChI is InChI=1S/C66H126N4O2/c1-4-7-10-13-16-19-22-25-28-31-34-37-40-43-46-49-53-64(60-65(71)61-67)54-59-69(55-50-47-44-41-38-35-32-29-26-23-20-17-14-11-8-5-2)57-52-58-70(63-66(72)62-68)56-51-48-45-42-39-36-33-30-27-24-21-18-15-12-9-6-3/h16-21,25-30,64-66,71-72H,4-15,22-24,31-63,67-68H2,1-3H3/b19-16?,20-17+,21-18?,28-25-,29-26-,30-27+. The topological polar surface area (TPSA) is 99.0 Å². The summed E-state index contributed by atoms with van der Waals surface area (Å²) in [5, 5.41) is 21.3. The third-order valence-corrected chi connectivity index (χ3v) is 14.6. The molecule has 0 spiro atoms. The van der Waals surface area contributed by atoms with E-state index in [-0.39, 0.29) is 0 Å². The van der Waals surface area contributed by atoms with E-state index in [9.17, 15) is 10.2 Å². The molecular formula is C66H126N4O2. The fourth-order valence-electron chi connectivity index (χ4n) is 9.81. The summed E-state index contributed by atoms with van der Waals surface area (Å²) in [6, 6.07) is 0. The average molecular weight is 1010 g/mol. The van der Waals surface area contributed by atoms with Crippen LogP contribution >= 0.6 is 0 Å². The molecule has 0 bridgehead atoms. The van der Waals surface area contributed by atoms with Crippen LogP contribution in [-0.2, 0) is 0 Å². The van der Waals surface area contributed by atoms with E-state index in [1.54, 1.807) is 0 Å². The van der Waals surface area contributed by atoms with Crippen molar-refractivity contribution >= 4 is 0 Å². The molecule has 3 unspecified atom stereocenters. The Hall–Kier alpha value is -1.80. The largest absolute Gasteiger partial charge is 0.392 e. The first kappa shape index (κ1) is 70.2. The van der Waals surface area contributed by atoms with E-state index >= 15 is 0 Å². The van der Waals surface area contributed by atoms with Crippen LogP contribution in [0.3, 0.4) is 0 Å². The van der Waals surface area contributed by atoms with Crippen LogP contribution in [0, 0.1) is 5.92 Å². The molecule has 422 valence electrons. The summed E-state index contributed by atoms with van der Waals surface area (Å²) >= 11 is 0. The zero-order valence-electron chi connectivity index (χ0n) is 48.5. The Morgan fingerprint density at radius 1 is 0.319 bits per heavy atom. The quantitative estimate of drug-likeness (QED) is 0.0358. The van der Waals surface area contributed by atoms with Crippen molar-refractivity contribution in [3.05, 3.63) is 72.9 Å². The van der Waals surface area contributed by atoms with Crippen LogP contribution in [0.25, 0.3) is 0 Å². The van der Waals surface area contributed by atoms with E-state index in [0.29, 0.717) is 25.6 Å². The highest BCUT2D eigenvalue weighted by Gasteiger charge is 2.17. The van der Waals surface area contributed by atoms with E-state index in [1.165, 1.54) is 218 Å². The van der Waals surface area contributed by atoms with Crippen LogP contribution < -0.4 is 11.5 Å². The first-order valence-electron chi connectivity index (χ1n) is 31.6. The maximum Gasteiger partial charge on any atom is 0.0789 e. The molecule has 6 nitrogen and oxygen atoms in total. The van der Waals surface area contributed by atoms with Gasteiger partial charge in [-0.25, -0.2) is 0 Å². The van der Waals surface area contributed by atoms with Gasteiger partial charge in [0.2, 0.25) is 0 Å². The molecule has 0 fully saturated rings. The minimum Gasteiger partial charge on any atom is -0.392 e. The molecule has 0 rings (SSSR count). The van der Waals surface area contributed by atoms with E-state index in [4.69, 9.17) is 11.5 Å². The minimum atomic E-state index is -0.460. The molecule has 6 N–H and O–H groups in total. The summed E-state index contributed by atoms with van der Waals surface area (Å²) in [6.45, 7) is 13.6. The molecule has 0 aromatic carbocycles. The second-order valence-electron chi connectivity index (χ2n) is 21.7. The first-order chi connectivity index (χ1) is 35.5. The van der Waals surface area contributed by atoms with Gasteiger partial charge in [0.25, 0.3) is 0 Å². The molecular weight excluding hydrogens is 881 g/mol. The van der Waals surface area contributed by atoms with Crippen LogP contribution in [0.1, 0.15) is 278 Å². The Kier molecular flexibility index (Phi) is 58.6. The zero-order chi connectivity index (χ0) is 52.3. The SMILES string of the molecule is CCCCCC=CC/C=C\CCCCCCCCC(CCN(CCCCCCCC/C=C\C/C=C/CCCCC)CCCN(CCCCCCCC/C=C/CC=CCCCCC)CC(O)CN)CC(O)CN. The summed E-state index contributed by atoms with van der Waals surface area (Å²) in [4.78, 5) is 5.23. The molecule has 0 radical (unpaired) electrons. The van der Waals surface area contributed by atoms with Gasteiger partial charge in [-0.15, -0.1) is 0 Å². The maximum atomic E-state index is 10.7. The zero-order valence-corrected chi connectivity index (χ0v) is 48.5. The van der Waals surface area contributed by atoms with Crippen LogP contribution in [0.15, 0.2) is 72.9 Å². The number of aliphatic hydroxyl groups is 2. The Morgan fingerprint density at radius 2 is 0.639 bits per heavy atom. The second-order valence-corrected chi connectivity index (χ2v) is 21.7. The number of hydrogen-bond acceptors (Lipinski definition) is 6. The van der Waals surface area contributed by atoms with Crippen molar-refractivity contribution in [2.45, 2.75) is 290 Å². The molecule has 0 aromatic rings. The van der Waals surface area contributed by atoms with Gasteiger partial charge in [-0.2, -0.15) is 0 Å². The molecule has 72 heavy (non-hydrogen) atoms. The van der Waals surface area contributed by atoms with Gasteiger partial charge in [0.05, 0.1) is 12.2 Å². The maximum absolute atomic E-state index is 10.7. The van der Waals surface area contributed by atoms with Crippen molar-refractivity contribution in [3.63, 3.8) is 0 Å². The van der Waals surface area contributed by atoms with Crippen molar-refractivity contribution in [1.82, 2.24) is 9.80 Å². The van der Waals surface area contributed by atoms with Gasteiger partial charge in [-0.3, -0.25) is 0 Å². The minimum absolute atomic E-state index is 0.324. The van der Waals surface area contributed by atoms with Crippen LogP contribution in [0.5, 0.6) is 0 Å². The van der Waals surface area contributed by atoms with Gasteiger partial charge in [0.1, 0.15) is 0 Å². The predicted octanol–water partition coefficient (Wildman–Crippen LogP) is 17.8. The number of hydrogen-bond donors (Lipinski definition) is 4. The highest BCUT2D eigenvalue weighted by Crippen LogP contribution is 2.22. The highest BCUT2D eigenvalue weighted by molar-refractivity contribution is 4.94. The number of rotatable bonds is 58. The van der Waals surface area contributed by atoms with Gasteiger partial charge >= 0.3 is 0 Å². The van der Waals surface area contributed by atoms with Gasteiger partial charge < -0.3 is 31.5 Å². The molecule has 0 aliphatic rings. The third-order valence-electron chi connectivity index (χ3n) is 14.6. The molecule has 0 amide bonds. The van der Waals surface area contributed by atoms with Gasteiger partial charge in [0.15, 0.2) is 0 Å². The molecule has 0 aromatic heterocycles. The number of nitrogens with zero attached hydrogens (tertiary/aromatic N) is 2. The molecule has 0 aliphatic heterocycles. The second kappa shape index (κ2) is 60.1. The van der Waals surface area contributed by atoms with Gasteiger partial charge in [0, 0.05) is 19.6 Å². The van der Waals surface area contributed by atoms with Crippen molar-refractivity contribution in [1.29, 1.82) is 0 Å². The summed E-state index contributed by atoms with van der Waals surface area (Å²) in [5.41, 5.74) is 11.9. The average Bonchev–Trinajstić information content (AvgIpc) is 3.39. The lowest BCUT2D eigenvalue weighted by atomic mass is 9.91. The lowest BCUT2D eigenvalue weighted by Gasteiger charge is -2.29. The van der Waals surface area contributed by atoms with Crippen molar-refractivity contribution < 1.29 is 10.2 Å². The van der Waals surface area contributed by atoms with E-state index in [2.05, 4.69) is 103 Å². The number of unbranched alkanes of at least 4 members (excludes halogenated alkanes) is 27. The van der Waals surface area contributed by atoms with E-state index < -0.39 is 12.2 Å². The third kappa shape index (κ3) is 54.5. The molecule has 0 saturated heterocycles. The smallest absolute Gasteiger partial charge is 0.0789 e. The van der Waals surface area contributed by atoms with Crippen molar-refractivity contribution in [3.8, 4) is 0 Å². The fourth-order valence-corrected chi connectivity index (χ4v) is 9.81. The molecule has 3 atom stereocenters. The monoisotopic (exact) mass is 1010 g/mol. The highest BCUT2D eigenvalue weighted by atomic mass is 16.3. The fraction of sp³-hybridized carbons (Fsp3) is 0.818. The van der Waals surface area contributed by atoms with Crippen LogP contribution in [-0.4, -0.2) is 84.6 Å². The Morgan fingerprint density at radius 3 is 1.03 bits per heavy atom. The van der Waals surface area contributed by atoms with E-state index in [0.717, 1.165) is 71.2 Å². The molecule has 0 heterocycles. The lowest BCUT2D eigenvalue weighted by Crippen LogP contribution is -2.39. The van der Waals surface area contributed by atoms with Crippen LogP contribution in [0.4, 0.5) is 0 Å². The summed E-state index contributed by atoms with van der Waals surface area (Å²) in [7, 11) is 0. The number of nitrogens with two attached hydrogens (primary N) is 2. The Labute approximate surface area is 450 Å². The van der Waals surface area contributed by atoms with Crippen molar-refractivity contribution in [2.24, 2.45) is 17.4 Å². The molecule has 6 heteroatoms. The first-order valence-corrected chi connectivity index (χ1v) is 31.6. The van der Waals surface area contributed by atoms with Crippen LogP contribution in [0.2, 0.25) is 0 Å². The number of allylic oxidation sites excluding steroid dienone is 12. The predicted molar refractivity (Wildman–Crippen MR) is 323 cm³/mol. The molecule has 0 aliphatic carbocycles. The van der Waals surface area contributed by atoms with Gasteiger partial charge in [-0.05, 0) is 167 Å². The Balaban J connectivity index is 5.00. The Bertz CT molecular complexity index is 1230. The summed E-state index contributed by atoms with van der Waals surface area (Å²) in [6.07, 6.45) is 77.5. The summed E-state index contributed by atoms with van der Waals surface area (Å²) < 4.78 is 0. The normalized spacial score (nSPS) is 14.0. The molecule has 0 saturated carbocycles. The summed E-state index contributed by atoms with van der Waals surface area (Å²) in [5.74, 6) is 0.521. The van der Waals surface area contributed by atoms with Crippen molar-refractivity contribution in [2.75, 3.05) is 52.4 Å². The lowest BCUT2D eigenvalue weighted by molar-refractivity contribution is 0.111. The van der Waals surface area contributed by atoms with Gasteiger partial charge in [-0.1, -0.05) is 222 Å². The van der Waals surface area contributed by atoms with E-state index in [1.807, 2.05) is 0 Å².